The number of nitrogens with zero attached hydrogens (tertiary/aromatic N) is 3. The van der Waals surface area contributed by atoms with Crippen molar-refractivity contribution >= 4 is 0 Å². The van der Waals surface area contributed by atoms with Crippen LogP contribution in [0.15, 0.2) is 60.8 Å². The quantitative estimate of drug-likeness (QED) is 0.483. The number of methoxy groups -OCH3 is 1. The number of imidazole rings is 1. The van der Waals surface area contributed by atoms with Gasteiger partial charge in [0, 0.05) is 35.0 Å². The number of hydrogen-bond donors (Lipinski definition) is 1. The third-order valence-electron chi connectivity index (χ3n) is 4.83. The Balaban J connectivity index is 1.82. The van der Waals surface area contributed by atoms with Gasteiger partial charge < -0.3 is 9.72 Å². The number of ether oxygens (including phenoxy) is 1. The molecule has 1 aromatic carbocycles. The molecule has 1 N–H and O–H groups in total. The van der Waals surface area contributed by atoms with Crippen LogP contribution in [0.5, 0.6) is 5.88 Å². The lowest BCUT2D eigenvalue weighted by molar-refractivity contribution is 0.398. The predicted octanol–water partition coefficient (Wildman–Crippen LogP) is 5.64. The molecule has 29 heavy (non-hydrogen) atoms. The summed E-state index contributed by atoms with van der Waals surface area (Å²) >= 11 is 0. The molecule has 4 aromatic rings. The first kappa shape index (κ1) is 18.9. The van der Waals surface area contributed by atoms with Gasteiger partial charge in [-0.3, -0.25) is 4.98 Å². The second-order valence-corrected chi connectivity index (χ2v) is 7.33. The molecule has 0 saturated heterocycles. The molecule has 146 valence electrons. The molecule has 0 bridgehead atoms. The first-order valence-electron chi connectivity index (χ1n) is 9.70. The van der Waals surface area contributed by atoms with Crippen molar-refractivity contribution in [3.8, 4) is 39.7 Å². The molecule has 0 aliphatic carbocycles. The smallest absolute Gasteiger partial charge is 0.212 e. The Labute approximate surface area is 170 Å². The number of aryl methyl sites for hydroxylation is 1. The van der Waals surface area contributed by atoms with Crippen molar-refractivity contribution in [3.63, 3.8) is 0 Å². The van der Waals surface area contributed by atoms with Gasteiger partial charge in [0.15, 0.2) is 0 Å². The summed E-state index contributed by atoms with van der Waals surface area (Å²) < 4.78 is 5.17. The molecule has 0 spiro atoms. The van der Waals surface area contributed by atoms with Crippen LogP contribution in [0.25, 0.3) is 33.8 Å². The number of H-pyrrole nitrogens is 1. The Kier molecular flexibility index (Phi) is 5.12. The number of aromatic amines is 1. The van der Waals surface area contributed by atoms with Crippen LogP contribution < -0.4 is 4.74 Å². The highest BCUT2D eigenvalue weighted by Crippen LogP contribution is 2.33. The Hall–Kier alpha value is -3.47. The number of pyridine rings is 2. The van der Waals surface area contributed by atoms with Crippen LogP contribution in [-0.2, 0) is 0 Å². The standard InChI is InChI=1S/C24H24N4O/c1-15(2)24-27-22(23(28-24)20-10-5-7-16(3)26-20)18-9-6-8-17(13-18)19-11-12-21(29-4)25-14-19/h5-15H,1-4H3,(H,27,28). The highest BCUT2D eigenvalue weighted by Gasteiger charge is 2.17. The first-order chi connectivity index (χ1) is 14.0. The maximum absolute atomic E-state index is 5.17. The van der Waals surface area contributed by atoms with Crippen LogP contribution in [0.3, 0.4) is 0 Å². The summed E-state index contributed by atoms with van der Waals surface area (Å²) in [5.41, 5.74) is 6.89. The average molecular weight is 384 g/mol. The van der Waals surface area contributed by atoms with E-state index < -0.39 is 0 Å². The molecular weight excluding hydrogens is 360 g/mol. The van der Waals surface area contributed by atoms with E-state index in [0.717, 1.165) is 45.3 Å². The second-order valence-electron chi connectivity index (χ2n) is 7.33. The van der Waals surface area contributed by atoms with Gasteiger partial charge in [0.1, 0.15) is 5.82 Å². The van der Waals surface area contributed by atoms with Crippen molar-refractivity contribution in [3.05, 3.63) is 72.3 Å². The zero-order valence-corrected chi connectivity index (χ0v) is 17.1. The SMILES string of the molecule is COc1ccc(-c2cccc(-c3nc(C(C)C)[nH]c3-c3cccc(C)n3)c2)cn1. The van der Waals surface area contributed by atoms with Crippen LogP contribution in [0.4, 0.5) is 0 Å². The maximum Gasteiger partial charge on any atom is 0.212 e. The maximum atomic E-state index is 5.17. The van der Waals surface area contributed by atoms with Gasteiger partial charge in [-0.1, -0.05) is 38.1 Å². The average Bonchev–Trinajstić information content (AvgIpc) is 3.20. The molecule has 0 aliphatic heterocycles. The Morgan fingerprint density at radius 1 is 0.897 bits per heavy atom. The van der Waals surface area contributed by atoms with Crippen LogP contribution in [0, 0.1) is 6.92 Å². The van der Waals surface area contributed by atoms with Crippen LogP contribution in [0.1, 0.15) is 31.3 Å². The molecule has 0 atom stereocenters. The van der Waals surface area contributed by atoms with E-state index in [1.165, 1.54) is 0 Å². The molecule has 5 nitrogen and oxygen atoms in total. The van der Waals surface area contributed by atoms with Crippen LogP contribution in [0.2, 0.25) is 0 Å². The number of rotatable bonds is 5. The summed E-state index contributed by atoms with van der Waals surface area (Å²) in [7, 11) is 1.62. The largest absolute Gasteiger partial charge is 0.481 e. The highest BCUT2D eigenvalue weighted by molar-refractivity contribution is 5.80. The molecular formula is C24H24N4O. The third kappa shape index (κ3) is 3.90. The zero-order chi connectivity index (χ0) is 20.4. The fraction of sp³-hybridized carbons (Fsp3) is 0.208. The van der Waals surface area contributed by atoms with Gasteiger partial charge in [0.05, 0.1) is 24.2 Å². The van der Waals surface area contributed by atoms with Crippen molar-refractivity contribution in [2.24, 2.45) is 0 Å². The number of aromatic nitrogens is 4. The zero-order valence-electron chi connectivity index (χ0n) is 17.1. The van der Waals surface area contributed by atoms with Gasteiger partial charge in [0.25, 0.3) is 0 Å². The fourth-order valence-corrected chi connectivity index (χ4v) is 3.26. The lowest BCUT2D eigenvalue weighted by Crippen LogP contribution is -1.90. The molecule has 0 radical (unpaired) electrons. The minimum absolute atomic E-state index is 0.293. The van der Waals surface area contributed by atoms with E-state index in [9.17, 15) is 0 Å². The monoisotopic (exact) mass is 384 g/mol. The molecule has 0 aliphatic rings. The molecule has 0 unspecified atom stereocenters. The van der Waals surface area contributed by atoms with E-state index in [-0.39, 0.29) is 0 Å². The predicted molar refractivity (Wildman–Crippen MR) is 116 cm³/mol. The fourth-order valence-electron chi connectivity index (χ4n) is 3.26. The molecule has 5 heteroatoms. The van der Waals surface area contributed by atoms with Crippen molar-refractivity contribution in [1.29, 1.82) is 0 Å². The van der Waals surface area contributed by atoms with E-state index in [4.69, 9.17) is 14.7 Å². The third-order valence-corrected chi connectivity index (χ3v) is 4.83. The molecule has 3 heterocycles. The molecule has 3 aromatic heterocycles. The number of benzene rings is 1. The normalized spacial score (nSPS) is 11.1. The van der Waals surface area contributed by atoms with Crippen molar-refractivity contribution in [1.82, 2.24) is 19.9 Å². The lowest BCUT2D eigenvalue weighted by Gasteiger charge is -2.07. The van der Waals surface area contributed by atoms with Crippen molar-refractivity contribution < 1.29 is 4.74 Å². The van der Waals surface area contributed by atoms with Gasteiger partial charge in [0.2, 0.25) is 5.88 Å². The second kappa shape index (κ2) is 7.87. The van der Waals surface area contributed by atoms with Gasteiger partial charge in [-0.2, -0.15) is 0 Å². The van der Waals surface area contributed by atoms with Crippen LogP contribution >= 0.6 is 0 Å². The lowest BCUT2D eigenvalue weighted by atomic mass is 10.0. The number of nitrogens with one attached hydrogen (secondary N) is 1. The summed E-state index contributed by atoms with van der Waals surface area (Å²) in [5.74, 6) is 1.85. The van der Waals surface area contributed by atoms with Crippen LogP contribution in [-0.4, -0.2) is 27.0 Å². The number of hydrogen-bond acceptors (Lipinski definition) is 4. The van der Waals surface area contributed by atoms with Gasteiger partial charge >= 0.3 is 0 Å². The summed E-state index contributed by atoms with van der Waals surface area (Å²) in [5, 5.41) is 0. The first-order valence-corrected chi connectivity index (χ1v) is 9.70. The minimum atomic E-state index is 0.293. The van der Waals surface area contributed by atoms with E-state index in [0.29, 0.717) is 11.8 Å². The topological polar surface area (TPSA) is 63.7 Å². The molecule has 0 fully saturated rings. The molecule has 0 saturated carbocycles. The molecule has 0 amide bonds. The van der Waals surface area contributed by atoms with E-state index in [2.05, 4.69) is 42.0 Å². The van der Waals surface area contributed by atoms with Gasteiger partial charge in [-0.25, -0.2) is 9.97 Å². The Morgan fingerprint density at radius 3 is 2.38 bits per heavy atom. The van der Waals surface area contributed by atoms with Gasteiger partial charge in [-0.15, -0.1) is 0 Å². The van der Waals surface area contributed by atoms with E-state index in [1.807, 2.05) is 49.5 Å². The van der Waals surface area contributed by atoms with Gasteiger partial charge in [-0.05, 0) is 36.8 Å². The summed E-state index contributed by atoms with van der Waals surface area (Å²) in [4.78, 5) is 17.4. The summed E-state index contributed by atoms with van der Waals surface area (Å²) in [6.45, 7) is 6.27. The Bertz CT molecular complexity index is 1130. The minimum Gasteiger partial charge on any atom is -0.481 e. The summed E-state index contributed by atoms with van der Waals surface area (Å²) in [6, 6.07) is 18.3. The van der Waals surface area contributed by atoms with E-state index >= 15 is 0 Å². The van der Waals surface area contributed by atoms with Crippen molar-refractivity contribution in [2.75, 3.05) is 7.11 Å². The highest BCUT2D eigenvalue weighted by atomic mass is 16.5. The Morgan fingerprint density at radius 2 is 1.69 bits per heavy atom. The van der Waals surface area contributed by atoms with E-state index in [1.54, 1.807) is 7.11 Å². The summed E-state index contributed by atoms with van der Waals surface area (Å²) in [6.07, 6.45) is 1.82. The van der Waals surface area contributed by atoms with Crippen molar-refractivity contribution in [2.45, 2.75) is 26.7 Å². The molecule has 4 rings (SSSR count).